The fourth-order valence-corrected chi connectivity index (χ4v) is 4.36. The van der Waals surface area contributed by atoms with Gasteiger partial charge in [-0.05, 0) is 49.4 Å². The fourth-order valence-electron chi connectivity index (χ4n) is 3.87. The zero-order chi connectivity index (χ0) is 24.2. The summed E-state index contributed by atoms with van der Waals surface area (Å²) in [6, 6.07) is 20.6. The minimum absolute atomic E-state index is 0.206. The molecule has 1 atom stereocenters. The highest BCUT2D eigenvalue weighted by Gasteiger charge is 2.28. The molecule has 0 fully saturated rings. The van der Waals surface area contributed by atoms with Gasteiger partial charge in [0.05, 0.1) is 39.8 Å². The smallest absolute Gasteiger partial charge is 0.266 e. The van der Waals surface area contributed by atoms with Gasteiger partial charge in [0, 0.05) is 18.7 Å². The average Bonchev–Trinajstić information content (AvgIpc) is 2.84. The van der Waals surface area contributed by atoms with Crippen molar-refractivity contribution in [3.05, 3.63) is 105 Å². The van der Waals surface area contributed by atoms with E-state index in [0.717, 1.165) is 0 Å². The van der Waals surface area contributed by atoms with Crippen LogP contribution in [0.15, 0.2) is 77.6 Å². The van der Waals surface area contributed by atoms with E-state index in [2.05, 4.69) is 0 Å². The molecule has 0 saturated carbocycles. The van der Waals surface area contributed by atoms with E-state index in [-0.39, 0.29) is 23.0 Å². The molecule has 0 spiro atoms. The normalized spacial score (nSPS) is 12.0. The van der Waals surface area contributed by atoms with E-state index in [1.54, 1.807) is 46.9 Å². The Morgan fingerprint density at radius 3 is 2.47 bits per heavy atom. The van der Waals surface area contributed by atoms with Crippen LogP contribution in [0.4, 0.5) is 0 Å². The summed E-state index contributed by atoms with van der Waals surface area (Å²) >= 11 is 12.4. The molecule has 4 aromatic rings. The van der Waals surface area contributed by atoms with E-state index in [1.807, 2.05) is 43.3 Å². The number of benzene rings is 3. The van der Waals surface area contributed by atoms with Crippen LogP contribution in [0, 0.1) is 0 Å². The Bertz CT molecular complexity index is 1390. The largest absolute Gasteiger partial charge is 0.383 e. The highest BCUT2D eigenvalue weighted by Crippen LogP contribution is 2.28. The predicted octanol–water partition coefficient (Wildman–Crippen LogP) is 5.54. The summed E-state index contributed by atoms with van der Waals surface area (Å²) in [5.74, 6) is 0.123. The first-order valence-corrected chi connectivity index (χ1v) is 11.5. The van der Waals surface area contributed by atoms with Crippen molar-refractivity contribution in [2.75, 3.05) is 20.3 Å². The van der Waals surface area contributed by atoms with E-state index >= 15 is 0 Å². The summed E-state index contributed by atoms with van der Waals surface area (Å²) in [5.41, 5.74) is 1.33. The molecule has 0 aliphatic heterocycles. The van der Waals surface area contributed by atoms with Gasteiger partial charge in [-0.15, -0.1) is 0 Å². The summed E-state index contributed by atoms with van der Waals surface area (Å²) in [4.78, 5) is 33.6. The van der Waals surface area contributed by atoms with Crippen LogP contribution in [0.5, 0.6) is 0 Å². The second-order valence-corrected chi connectivity index (χ2v) is 8.60. The van der Waals surface area contributed by atoms with Crippen molar-refractivity contribution < 1.29 is 9.53 Å². The molecule has 0 N–H and O–H groups in total. The van der Waals surface area contributed by atoms with Crippen LogP contribution < -0.4 is 5.56 Å². The maximum absolute atomic E-state index is 13.6. The van der Waals surface area contributed by atoms with Gasteiger partial charge in [-0.3, -0.25) is 14.2 Å². The molecule has 1 amide bonds. The highest BCUT2D eigenvalue weighted by molar-refractivity contribution is 6.36. The molecule has 34 heavy (non-hydrogen) atoms. The van der Waals surface area contributed by atoms with Crippen molar-refractivity contribution >= 4 is 40.0 Å². The van der Waals surface area contributed by atoms with Gasteiger partial charge < -0.3 is 9.64 Å². The quantitative estimate of drug-likeness (QED) is 0.337. The summed E-state index contributed by atoms with van der Waals surface area (Å²) in [6.45, 7) is 2.41. The lowest BCUT2D eigenvalue weighted by atomic mass is 10.1. The molecule has 0 aliphatic rings. The lowest BCUT2D eigenvalue weighted by molar-refractivity contribution is 0.0605. The highest BCUT2D eigenvalue weighted by atomic mass is 35.5. The summed E-state index contributed by atoms with van der Waals surface area (Å²) < 4.78 is 6.82. The van der Waals surface area contributed by atoms with Gasteiger partial charge >= 0.3 is 0 Å². The zero-order valence-electron chi connectivity index (χ0n) is 18.7. The first-order chi connectivity index (χ1) is 16.4. The van der Waals surface area contributed by atoms with Crippen molar-refractivity contribution in [2.24, 2.45) is 0 Å². The van der Waals surface area contributed by atoms with Crippen LogP contribution in [0.2, 0.25) is 10.0 Å². The van der Waals surface area contributed by atoms with Crippen LogP contribution in [-0.2, 0) is 4.74 Å². The number of halogens is 2. The molecule has 4 rings (SSSR count). The number of carbonyl (C=O) groups excluding carboxylic acids is 1. The van der Waals surface area contributed by atoms with Gasteiger partial charge in [-0.25, -0.2) is 4.98 Å². The molecule has 1 aromatic heterocycles. The molecule has 1 unspecified atom stereocenters. The lowest BCUT2D eigenvalue weighted by Gasteiger charge is -2.30. The number of ether oxygens (including phenoxy) is 1. The Labute approximate surface area is 207 Å². The fraction of sp³-hybridized carbons (Fsp3) is 0.192. The Hall–Kier alpha value is -3.19. The maximum atomic E-state index is 13.6. The third-order valence-corrected chi connectivity index (χ3v) is 6.16. The maximum Gasteiger partial charge on any atom is 0.266 e. The molecule has 6 nitrogen and oxygen atoms in total. The summed E-state index contributed by atoms with van der Waals surface area (Å²) in [7, 11) is 1.57. The molecular formula is C26H23Cl2N3O3. The predicted molar refractivity (Wildman–Crippen MR) is 135 cm³/mol. The third-order valence-electron chi connectivity index (χ3n) is 5.62. The second kappa shape index (κ2) is 10.4. The summed E-state index contributed by atoms with van der Waals surface area (Å²) in [6.07, 6.45) is 0. The van der Waals surface area contributed by atoms with E-state index < -0.39 is 6.04 Å². The standard InChI is InChI=1S/C26H23Cl2N3O3/c1-17(30(14-15-34-2)25(32)20-13-12-18(27)16-22(20)28)24-29-23-11-7-6-10-21(23)26(33)31(24)19-8-4-3-5-9-19/h3-13,16-17H,14-15H2,1-2H3. The molecular weight excluding hydrogens is 473 g/mol. The number of nitrogens with zero attached hydrogens (tertiary/aromatic N) is 3. The number of hydrogen-bond acceptors (Lipinski definition) is 4. The first kappa shape index (κ1) is 24.0. The van der Waals surface area contributed by atoms with Crippen molar-refractivity contribution in [1.29, 1.82) is 0 Å². The number of fused-ring (bicyclic) bond motifs is 1. The monoisotopic (exact) mass is 495 g/mol. The Kier molecular flexibility index (Phi) is 7.32. The van der Waals surface area contributed by atoms with Gasteiger partial charge in [0.25, 0.3) is 11.5 Å². The number of amides is 1. The van der Waals surface area contributed by atoms with Crippen LogP contribution in [0.1, 0.15) is 29.1 Å². The molecule has 1 heterocycles. The Balaban J connectivity index is 1.89. The van der Waals surface area contributed by atoms with Gasteiger partial charge in [-0.2, -0.15) is 0 Å². The van der Waals surface area contributed by atoms with Gasteiger partial charge in [-0.1, -0.05) is 53.5 Å². The molecule has 3 aromatic carbocycles. The minimum atomic E-state index is -0.577. The van der Waals surface area contributed by atoms with Crippen molar-refractivity contribution in [2.45, 2.75) is 13.0 Å². The molecule has 8 heteroatoms. The number of hydrogen-bond donors (Lipinski definition) is 0. The van der Waals surface area contributed by atoms with Gasteiger partial charge in [0.15, 0.2) is 0 Å². The Morgan fingerprint density at radius 1 is 1.06 bits per heavy atom. The zero-order valence-corrected chi connectivity index (χ0v) is 20.3. The topological polar surface area (TPSA) is 64.4 Å². The third kappa shape index (κ3) is 4.71. The van der Waals surface area contributed by atoms with E-state index in [9.17, 15) is 9.59 Å². The van der Waals surface area contributed by atoms with Gasteiger partial charge in [0.2, 0.25) is 0 Å². The molecule has 0 bridgehead atoms. The number of rotatable bonds is 7. The van der Waals surface area contributed by atoms with E-state index in [0.29, 0.717) is 39.6 Å². The second-order valence-electron chi connectivity index (χ2n) is 7.75. The average molecular weight is 496 g/mol. The molecule has 0 radical (unpaired) electrons. The lowest BCUT2D eigenvalue weighted by Crippen LogP contribution is -2.39. The van der Waals surface area contributed by atoms with Crippen LogP contribution in [0.3, 0.4) is 0 Å². The number of carbonyl (C=O) groups is 1. The van der Waals surface area contributed by atoms with Crippen LogP contribution in [-0.4, -0.2) is 40.6 Å². The van der Waals surface area contributed by atoms with Crippen LogP contribution in [0.25, 0.3) is 16.6 Å². The number of methoxy groups -OCH3 is 1. The summed E-state index contributed by atoms with van der Waals surface area (Å²) in [5, 5.41) is 1.18. The SMILES string of the molecule is COCCN(C(=O)c1ccc(Cl)cc1Cl)C(C)c1nc2ccccc2c(=O)n1-c1ccccc1. The van der Waals surface area contributed by atoms with Crippen LogP contribution >= 0.6 is 23.2 Å². The minimum Gasteiger partial charge on any atom is -0.383 e. The first-order valence-electron chi connectivity index (χ1n) is 10.7. The Morgan fingerprint density at radius 2 is 1.76 bits per heavy atom. The van der Waals surface area contributed by atoms with Crippen molar-refractivity contribution in [3.8, 4) is 5.69 Å². The van der Waals surface area contributed by atoms with Crippen molar-refractivity contribution in [1.82, 2.24) is 14.5 Å². The molecule has 0 saturated heterocycles. The number of aromatic nitrogens is 2. The number of para-hydroxylation sites is 2. The van der Waals surface area contributed by atoms with E-state index in [1.165, 1.54) is 6.07 Å². The van der Waals surface area contributed by atoms with Gasteiger partial charge in [0.1, 0.15) is 5.82 Å². The molecule has 174 valence electrons. The molecule has 0 aliphatic carbocycles. The van der Waals surface area contributed by atoms with E-state index in [4.69, 9.17) is 32.9 Å². The van der Waals surface area contributed by atoms with Crippen molar-refractivity contribution in [3.63, 3.8) is 0 Å².